The number of rotatable bonds is 4. The van der Waals surface area contributed by atoms with Crippen molar-refractivity contribution in [1.82, 2.24) is 20.3 Å². The molecule has 0 radical (unpaired) electrons. The van der Waals surface area contributed by atoms with Crippen LogP contribution in [0.2, 0.25) is 0 Å². The van der Waals surface area contributed by atoms with E-state index in [9.17, 15) is 9.90 Å². The van der Waals surface area contributed by atoms with E-state index in [4.69, 9.17) is 0 Å². The number of β-amino-alcohol motifs (C(OH)–C–C–N with tert-alkyl or cyclic N) is 1. The molecule has 6 heteroatoms. The molecule has 132 valence electrons. The van der Waals surface area contributed by atoms with Crippen LogP contribution in [0.1, 0.15) is 17.7 Å². The van der Waals surface area contributed by atoms with Gasteiger partial charge in [-0.1, -0.05) is 54.6 Å². The van der Waals surface area contributed by atoms with Crippen LogP contribution in [0, 0.1) is 0 Å². The largest absolute Gasteiger partial charge is 0.381 e. The number of hydrogen-bond donors (Lipinski definition) is 2. The molecule has 1 aliphatic rings. The summed E-state index contributed by atoms with van der Waals surface area (Å²) in [6, 6.07) is 18.2. The third-order valence-electron chi connectivity index (χ3n) is 4.91. The van der Waals surface area contributed by atoms with Crippen LogP contribution < -0.4 is 0 Å². The van der Waals surface area contributed by atoms with Gasteiger partial charge in [0.1, 0.15) is 11.3 Å². The average molecular weight is 348 g/mol. The SMILES string of the molecule is O=C(Cc1ccc(-c2ccccc2)cc1)N1CC[C@](O)(c2cn[nH]n2)C1. The zero-order valence-corrected chi connectivity index (χ0v) is 14.3. The Hall–Kier alpha value is -2.99. The van der Waals surface area contributed by atoms with Gasteiger partial charge in [-0.2, -0.15) is 15.4 Å². The molecule has 0 spiro atoms. The molecule has 0 saturated carbocycles. The van der Waals surface area contributed by atoms with Crippen molar-refractivity contribution in [2.75, 3.05) is 13.1 Å². The monoisotopic (exact) mass is 348 g/mol. The molecule has 2 heterocycles. The molecule has 4 rings (SSSR count). The van der Waals surface area contributed by atoms with Gasteiger partial charge in [0, 0.05) is 13.0 Å². The minimum Gasteiger partial charge on any atom is -0.381 e. The highest BCUT2D eigenvalue weighted by Gasteiger charge is 2.41. The number of hydrogen-bond acceptors (Lipinski definition) is 4. The lowest BCUT2D eigenvalue weighted by molar-refractivity contribution is -0.130. The van der Waals surface area contributed by atoms with Crippen LogP contribution in [0.5, 0.6) is 0 Å². The van der Waals surface area contributed by atoms with Crippen LogP contribution in [-0.2, 0) is 16.8 Å². The summed E-state index contributed by atoms with van der Waals surface area (Å²) in [6.07, 6.45) is 2.30. The van der Waals surface area contributed by atoms with Crippen molar-refractivity contribution in [3.05, 3.63) is 72.1 Å². The number of likely N-dealkylation sites (tertiary alicyclic amines) is 1. The summed E-state index contributed by atoms with van der Waals surface area (Å²) in [7, 11) is 0. The van der Waals surface area contributed by atoms with Crippen molar-refractivity contribution in [3.8, 4) is 11.1 Å². The van der Waals surface area contributed by atoms with E-state index in [1.165, 1.54) is 6.20 Å². The number of carbonyl (C=O) groups is 1. The molecule has 1 fully saturated rings. The quantitative estimate of drug-likeness (QED) is 0.757. The van der Waals surface area contributed by atoms with Crippen LogP contribution in [0.15, 0.2) is 60.8 Å². The third kappa shape index (κ3) is 3.23. The summed E-state index contributed by atoms with van der Waals surface area (Å²) >= 11 is 0. The van der Waals surface area contributed by atoms with Crippen molar-refractivity contribution >= 4 is 5.91 Å². The minimum atomic E-state index is -1.11. The molecule has 1 atom stereocenters. The van der Waals surface area contributed by atoms with Crippen molar-refractivity contribution < 1.29 is 9.90 Å². The fourth-order valence-corrected chi connectivity index (χ4v) is 3.37. The Balaban J connectivity index is 1.41. The average Bonchev–Trinajstić information content (AvgIpc) is 3.34. The molecule has 0 aliphatic carbocycles. The fraction of sp³-hybridized carbons (Fsp3) is 0.250. The van der Waals surface area contributed by atoms with E-state index >= 15 is 0 Å². The first-order chi connectivity index (χ1) is 12.6. The van der Waals surface area contributed by atoms with Crippen molar-refractivity contribution in [1.29, 1.82) is 0 Å². The maximum absolute atomic E-state index is 12.6. The fourth-order valence-electron chi connectivity index (χ4n) is 3.37. The zero-order chi connectivity index (χ0) is 18.0. The maximum atomic E-state index is 12.6. The van der Waals surface area contributed by atoms with Crippen molar-refractivity contribution in [2.24, 2.45) is 0 Å². The van der Waals surface area contributed by atoms with E-state index in [1.807, 2.05) is 42.5 Å². The number of carbonyl (C=O) groups excluding carboxylic acids is 1. The standard InChI is InChI=1S/C20H20N4O2/c25-19(24-11-10-20(26,14-24)18-13-21-23-22-18)12-15-6-8-17(9-7-15)16-4-2-1-3-5-16/h1-9,13,26H,10-12,14H2,(H,21,22,23)/t20-/m1/s1. The van der Waals surface area contributed by atoms with Gasteiger partial charge in [-0.15, -0.1) is 0 Å². The van der Waals surface area contributed by atoms with Crippen molar-refractivity contribution in [3.63, 3.8) is 0 Å². The van der Waals surface area contributed by atoms with Gasteiger partial charge in [0.2, 0.25) is 5.91 Å². The van der Waals surface area contributed by atoms with Crippen LogP contribution in [-0.4, -0.2) is 44.4 Å². The highest BCUT2D eigenvalue weighted by molar-refractivity contribution is 5.79. The number of aliphatic hydroxyl groups is 1. The molecule has 0 unspecified atom stereocenters. The third-order valence-corrected chi connectivity index (χ3v) is 4.91. The van der Waals surface area contributed by atoms with Gasteiger partial charge in [-0.05, 0) is 16.7 Å². The lowest BCUT2D eigenvalue weighted by Gasteiger charge is -2.21. The summed E-state index contributed by atoms with van der Waals surface area (Å²) < 4.78 is 0. The molecule has 26 heavy (non-hydrogen) atoms. The van der Waals surface area contributed by atoms with Crippen LogP contribution in [0.25, 0.3) is 11.1 Å². The lowest BCUT2D eigenvalue weighted by atomic mass is 10.00. The molecule has 6 nitrogen and oxygen atoms in total. The molecule has 0 bridgehead atoms. The predicted octanol–water partition coefficient (Wildman–Crippen LogP) is 2.13. The Labute approximate surface area is 151 Å². The number of nitrogens with zero attached hydrogens (tertiary/aromatic N) is 3. The Morgan fingerprint density at radius 3 is 2.54 bits per heavy atom. The number of nitrogens with one attached hydrogen (secondary N) is 1. The lowest BCUT2D eigenvalue weighted by Crippen LogP contribution is -2.35. The normalized spacial score (nSPS) is 19.7. The summed E-state index contributed by atoms with van der Waals surface area (Å²) in [5.41, 5.74) is 2.62. The van der Waals surface area contributed by atoms with Gasteiger partial charge < -0.3 is 10.0 Å². The van der Waals surface area contributed by atoms with Crippen LogP contribution in [0.4, 0.5) is 0 Å². The van der Waals surface area contributed by atoms with E-state index in [1.54, 1.807) is 4.90 Å². The zero-order valence-electron chi connectivity index (χ0n) is 14.3. The maximum Gasteiger partial charge on any atom is 0.227 e. The topological polar surface area (TPSA) is 82.1 Å². The summed E-state index contributed by atoms with van der Waals surface area (Å²) in [6.45, 7) is 0.769. The van der Waals surface area contributed by atoms with Gasteiger partial charge in [-0.3, -0.25) is 4.79 Å². The number of aromatic amines is 1. The van der Waals surface area contributed by atoms with E-state index < -0.39 is 5.60 Å². The smallest absolute Gasteiger partial charge is 0.227 e. The number of amides is 1. The predicted molar refractivity (Wildman–Crippen MR) is 97.1 cm³/mol. The molecule has 1 aliphatic heterocycles. The molecule has 1 saturated heterocycles. The molecular weight excluding hydrogens is 328 g/mol. The summed E-state index contributed by atoms with van der Waals surface area (Å²) in [5.74, 6) is 0.0110. The van der Waals surface area contributed by atoms with Gasteiger partial charge in [0.25, 0.3) is 0 Å². The highest BCUT2D eigenvalue weighted by atomic mass is 16.3. The molecular formula is C20H20N4O2. The second-order valence-corrected chi connectivity index (χ2v) is 6.69. The first-order valence-electron chi connectivity index (χ1n) is 8.65. The first kappa shape index (κ1) is 16.5. The van der Waals surface area contributed by atoms with Crippen molar-refractivity contribution in [2.45, 2.75) is 18.4 Å². The number of H-pyrrole nitrogens is 1. The molecule has 2 aromatic carbocycles. The van der Waals surface area contributed by atoms with Crippen LogP contribution in [0.3, 0.4) is 0 Å². The van der Waals surface area contributed by atoms with E-state index in [-0.39, 0.29) is 12.5 Å². The second-order valence-electron chi connectivity index (χ2n) is 6.69. The molecule has 1 amide bonds. The first-order valence-corrected chi connectivity index (χ1v) is 8.65. The van der Waals surface area contributed by atoms with E-state index in [0.29, 0.717) is 25.1 Å². The summed E-state index contributed by atoms with van der Waals surface area (Å²) in [4.78, 5) is 14.3. The summed E-state index contributed by atoms with van der Waals surface area (Å²) in [5, 5.41) is 20.9. The van der Waals surface area contributed by atoms with Gasteiger partial charge in [-0.25, -0.2) is 0 Å². The molecule has 2 N–H and O–H groups in total. The molecule has 1 aromatic heterocycles. The van der Waals surface area contributed by atoms with Gasteiger partial charge in [0.05, 0.1) is 19.2 Å². The van der Waals surface area contributed by atoms with Crippen LogP contribution >= 0.6 is 0 Å². The number of benzene rings is 2. The van der Waals surface area contributed by atoms with E-state index in [2.05, 4.69) is 27.5 Å². The Kier molecular flexibility index (Phi) is 4.26. The van der Waals surface area contributed by atoms with E-state index in [0.717, 1.165) is 16.7 Å². The Morgan fingerprint density at radius 2 is 1.85 bits per heavy atom. The highest BCUT2D eigenvalue weighted by Crippen LogP contribution is 2.30. The Bertz CT molecular complexity index is 878. The van der Waals surface area contributed by atoms with Gasteiger partial charge >= 0.3 is 0 Å². The van der Waals surface area contributed by atoms with Gasteiger partial charge in [0.15, 0.2) is 0 Å². The minimum absolute atomic E-state index is 0.0110. The molecule has 3 aromatic rings. The number of aromatic nitrogens is 3. The Morgan fingerprint density at radius 1 is 1.12 bits per heavy atom. The second kappa shape index (κ2) is 6.72.